The van der Waals surface area contributed by atoms with E-state index in [1.54, 1.807) is 25.1 Å². The summed E-state index contributed by atoms with van der Waals surface area (Å²) >= 11 is 6.20. The Kier molecular flexibility index (Phi) is 11.8. The molecule has 0 saturated carbocycles. The quantitative estimate of drug-likeness (QED) is 0.239. The van der Waals surface area contributed by atoms with E-state index in [2.05, 4.69) is 16.6 Å². The average molecular weight is 583 g/mol. The van der Waals surface area contributed by atoms with Crippen LogP contribution < -0.4 is 4.74 Å². The lowest BCUT2D eigenvalue weighted by Gasteiger charge is -2.29. The minimum atomic E-state index is -4.69. The Morgan fingerprint density at radius 2 is 1.90 bits per heavy atom. The second-order valence-corrected chi connectivity index (χ2v) is 8.51. The number of halogens is 7. The summed E-state index contributed by atoms with van der Waals surface area (Å²) in [6, 6.07) is 4.71. The molecule has 0 radical (unpaired) electrons. The summed E-state index contributed by atoms with van der Waals surface area (Å²) in [7, 11) is 0. The van der Waals surface area contributed by atoms with E-state index < -0.39 is 49.7 Å². The van der Waals surface area contributed by atoms with Crippen LogP contribution in [0.15, 0.2) is 54.3 Å². The highest BCUT2D eigenvalue weighted by Gasteiger charge is 2.37. The number of hydrogen-bond acceptors (Lipinski definition) is 5. The maximum atomic E-state index is 12.8. The number of allylic oxidation sites excluding steroid dienone is 3. The van der Waals surface area contributed by atoms with Crippen LogP contribution in [-0.2, 0) is 25.4 Å². The average Bonchev–Trinajstić information content (AvgIpc) is 2.84. The number of hydrogen-bond donors (Lipinski definition) is 1. The normalized spacial score (nSPS) is 18.3. The van der Waals surface area contributed by atoms with Crippen molar-refractivity contribution in [1.29, 1.82) is 0 Å². The summed E-state index contributed by atoms with van der Waals surface area (Å²) in [5.41, 5.74) is -1.24. The van der Waals surface area contributed by atoms with E-state index in [1.165, 1.54) is 30.4 Å². The van der Waals surface area contributed by atoms with Gasteiger partial charge in [0, 0.05) is 19.4 Å². The maximum absolute atomic E-state index is 12.8. The van der Waals surface area contributed by atoms with Crippen molar-refractivity contribution in [2.45, 2.75) is 43.8 Å². The fourth-order valence-corrected chi connectivity index (χ4v) is 3.48. The summed E-state index contributed by atoms with van der Waals surface area (Å²) < 4.78 is 96.0. The van der Waals surface area contributed by atoms with Crippen LogP contribution in [-0.4, -0.2) is 61.6 Å². The van der Waals surface area contributed by atoms with Crippen LogP contribution >= 0.6 is 11.6 Å². The monoisotopic (exact) mass is 582 g/mol. The first-order valence-electron chi connectivity index (χ1n) is 11.4. The van der Waals surface area contributed by atoms with Gasteiger partial charge in [-0.2, -0.15) is 26.3 Å². The lowest BCUT2D eigenvalue weighted by molar-refractivity contribution is -0.191. The third kappa shape index (κ3) is 12.1. The van der Waals surface area contributed by atoms with Gasteiger partial charge in [-0.1, -0.05) is 35.6 Å². The van der Waals surface area contributed by atoms with Crippen molar-refractivity contribution in [3.8, 4) is 17.6 Å². The van der Waals surface area contributed by atoms with Gasteiger partial charge in [-0.15, -0.1) is 0 Å². The Morgan fingerprint density at radius 3 is 2.51 bits per heavy atom. The van der Waals surface area contributed by atoms with E-state index >= 15 is 0 Å². The molecule has 2 rings (SSSR count). The molecule has 0 bridgehead atoms. The lowest BCUT2D eigenvalue weighted by Crippen LogP contribution is -2.35. The SMILES string of the molecule is CCO[C@@H](Cc1ccc(OC/C=C/C#CC2(OCC(F)(F)F)C=CC=C(OCC(F)(F)F)C2)c(Cl)c1)C(=O)O. The molecule has 0 aromatic heterocycles. The molecule has 0 spiro atoms. The van der Waals surface area contributed by atoms with Gasteiger partial charge >= 0.3 is 18.3 Å². The van der Waals surface area contributed by atoms with Gasteiger partial charge in [-0.3, -0.25) is 0 Å². The van der Waals surface area contributed by atoms with E-state index in [4.69, 9.17) is 25.8 Å². The minimum absolute atomic E-state index is 0.0312. The van der Waals surface area contributed by atoms with Gasteiger partial charge in [-0.05, 0) is 48.9 Å². The molecule has 1 N–H and O–H groups in total. The Hall–Kier alpha value is -3.14. The van der Waals surface area contributed by atoms with Crippen LogP contribution in [0.1, 0.15) is 18.9 Å². The van der Waals surface area contributed by atoms with E-state index in [0.29, 0.717) is 5.56 Å². The zero-order valence-corrected chi connectivity index (χ0v) is 21.3. The number of alkyl halides is 6. The van der Waals surface area contributed by atoms with Crippen LogP contribution in [0.3, 0.4) is 0 Å². The molecule has 1 aromatic carbocycles. The molecule has 0 amide bonds. The molecule has 1 aliphatic rings. The molecular weight excluding hydrogens is 558 g/mol. The zero-order valence-electron chi connectivity index (χ0n) is 20.6. The Labute approximate surface area is 225 Å². The van der Waals surface area contributed by atoms with E-state index in [9.17, 15) is 36.2 Å². The van der Waals surface area contributed by atoms with Gasteiger partial charge in [0.1, 0.15) is 24.7 Å². The largest absolute Gasteiger partial charge is 0.488 e. The topological polar surface area (TPSA) is 74.2 Å². The molecule has 13 heteroatoms. The first-order valence-corrected chi connectivity index (χ1v) is 11.8. The summed E-state index contributed by atoms with van der Waals surface area (Å²) in [6.07, 6.45) is -4.36. The van der Waals surface area contributed by atoms with Crippen molar-refractivity contribution < 1.29 is 55.2 Å². The highest BCUT2D eigenvalue weighted by Crippen LogP contribution is 2.31. The van der Waals surface area contributed by atoms with Crippen molar-refractivity contribution >= 4 is 17.6 Å². The number of rotatable bonds is 12. The summed E-state index contributed by atoms with van der Waals surface area (Å²) in [5.74, 6) is 3.98. The van der Waals surface area contributed by atoms with Gasteiger partial charge in [0.25, 0.3) is 0 Å². The molecule has 214 valence electrons. The molecule has 6 nitrogen and oxygen atoms in total. The van der Waals surface area contributed by atoms with Crippen LogP contribution in [0.5, 0.6) is 5.75 Å². The van der Waals surface area contributed by atoms with Crippen molar-refractivity contribution in [3.05, 3.63) is 64.9 Å². The lowest BCUT2D eigenvalue weighted by atomic mass is 9.94. The number of carboxylic acid groups (broad SMARTS) is 1. The molecule has 0 fully saturated rings. The van der Waals surface area contributed by atoms with Crippen molar-refractivity contribution in [3.63, 3.8) is 0 Å². The molecule has 1 aromatic rings. The van der Waals surface area contributed by atoms with Crippen molar-refractivity contribution in [2.24, 2.45) is 0 Å². The second kappa shape index (κ2) is 14.3. The Bertz CT molecular complexity index is 1130. The van der Waals surface area contributed by atoms with Gasteiger partial charge in [0.05, 0.1) is 5.02 Å². The highest BCUT2D eigenvalue weighted by atomic mass is 35.5. The molecule has 2 atom stereocenters. The molecule has 1 aliphatic carbocycles. The van der Waals surface area contributed by atoms with Crippen LogP contribution in [0, 0.1) is 11.8 Å². The number of carboxylic acids is 1. The zero-order chi connectivity index (χ0) is 29.1. The minimum Gasteiger partial charge on any atom is -0.488 e. The number of benzene rings is 1. The van der Waals surface area contributed by atoms with Crippen LogP contribution in [0.2, 0.25) is 5.02 Å². The highest BCUT2D eigenvalue weighted by molar-refractivity contribution is 6.32. The van der Waals surface area contributed by atoms with Gasteiger partial charge < -0.3 is 24.1 Å². The molecule has 1 unspecified atom stereocenters. The fraction of sp³-hybridized carbons (Fsp3) is 0.423. The molecule has 0 heterocycles. The van der Waals surface area contributed by atoms with Gasteiger partial charge in [0.15, 0.2) is 18.3 Å². The Morgan fingerprint density at radius 1 is 1.18 bits per heavy atom. The third-order valence-corrected chi connectivity index (χ3v) is 5.18. The number of aliphatic carboxylic acids is 1. The first kappa shape index (κ1) is 32.1. The van der Waals surface area contributed by atoms with Gasteiger partial charge in [-0.25, -0.2) is 4.79 Å². The van der Waals surface area contributed by atoms with Crippen LogP contribution in [0.25, 0.3) is 0 Å². The Balaban J connectivity index is 2.02. The molecular formula is C26H25ClF6O6. The van der Waals surface area contributed by atoms with E-state index in [1.807, 2.05) is 0 Å². The predicted octanol–water partition coefficient (Wildman–Crippen LogP) is 6.05. The molecule has 0 saturated heterocycles. The third-order valence-electron chi connectivity index (χ3n) is 4.88. The smallest absolute Gasteiger partial charge is 0.422 e. The van der Waals surface area contributed by atoms with E-state index in [0.717, 1.165) is 0 Å². The second-order valence-electron chi connectivity index (χ2n) is 8.10. The van der Waals surface area contributed by atoms with Crippen LogP contribution in [0.4, 0.5) is 26.3 Å². The molecule has 39 heavy (non-hydrogen) atoms. The predicted molar refractivity (Wildman–Crippen MR) is 129 cm³/mol. The fourth-order valence-electron chi connectivity index (χ4n) is 3.22. The number of ether oxygens (including phenoxy) is 4. The number of carbonyl (C=O) groups is 1. The van der Waals surface area contributed by atoms with E-state index in [-0.39, 0.29) is 36.2 Å². The van der Waals surface area contributed by atoms with Crippen molar-refractivity contribution in [1.82, 2.24) is 0 Å². The van der Waals surface area contributed by atoms with Crippen molar-refractivity contribution in [2.75, 3.05) is 26.4 Å². The molecule has 0 aliphatic heterocycles. The maximum Gasteiger partial charge on any atom is 0.422 e. The first-order chi connectivity index (χ1) is 18.2. The van der Waals surface area contributed by atoms with Gasteiger partial charge in [0.2, 0.25) is 0 Å². The summed E-state index contributed by atoms with van der Waals surface area (Å²) in [4.78, 5) is 11.2. The standard InChI is InChI=1S/C26H25ClF6O6/c1-2-36-22(23(34)35)14-18-8-9-21(20(27)13-18)37-12-5-3-4-10-24(39-17-26(31,32)33)11-6-7-19(15-24)38-16-25(28,29)30/h3,5-9,11,13,22H,2,12,14-17H2,1H3,(H,34,35)/b5-3+/t22-,24?/m0/s1. The summed E-state index contributed by atoms with van der Waals surface area (Å²) in [5, 5.41) is 9.41. The summed E-state index contributed by atoms with van der Waals surface area (Å²) in [6.45, 7) is -1.39.